The van der Waals surface area contributed by atoms with Crippen LogP contribution in [0.3, 0.4) is 0 Å². The predicted octanol–water partition coefficient (Wildman–Crippen LogP) is 4.91. The van der Waals surface area contributed by atoms with E-state index in [-0.39, 0.29) is 5.92 Å². The molecule has 2 atom stereocenters. The molecule has 2 aliphatic rings. The van der Waals surface area contributed by atoms with Gasteiger partial charge in [-0.2, -0.15) is 0 Å². The van der Waals surface area contributed by atoms with E-state index in [0.717, 1.165) is 37.7 Å². The minimum absolute atomic E-state index is 0.275. The minimum Gasteiger partial charge on any atom is -0.493 e. The predicted molar refractivity (Wildman–Crippen MR) is 157 cm³/mol. The molecule has 10 nitrogen and oxygen atoms in total. The molecule has 2 aromatic carbocycles. The Kier molecular flexibility index (Phi) is 11.4. The standard InChI is InChI=1S/C33H41NO9/c1-40-28-17-15-22(19-29(28)41-2)14-16-27(24-11-8-12-25(20-24)42-21-30(35)36)43-33(39)26-13-6-7-18-34(26)32(38)31(37)23-9-4-3-5-10-23/h8,11-12,15,17,19-20,23,26-27H,3-7,9-10,13-14,16,18,21H2,1-2H3,(H,35,36). The maximum atomic E-state index is 13.7. The summed E-state index contributed by atoms with van der Waals surface area (Å²) in [5, 5.41) is 9.03. The molecule has 2 fully saturated rings. The van der Waals surface area contributed by atoms with Crippen LogP contribution in [0.15, 0.2) is 42.5 Å². The van der Waals surface area contributed by atoms with Crippen molar-refractivity contribution in [2.24, 2.45) is 5.92 Å². The van der Waals surface area contributed by atoms with Crippen molar-refractivity contribution in [1.82, 2.24) is 4.90 Å². The normalized spacial score (nSPS) is 17.9. The van der Waals surface area contributed by atoms with Crippen molar-refractivity contribution in [1.29, 1.82) is 0 Å². The van der Waals surface area contributed by atoms with E-state index in [2.05, 4.69) is 0 Å². The van der Waals surface area contributed by atoms with Crippen LogP contribution in [0, 0.1) is 5.92 Å². The van der Waals surface area contributed by atoms with Gasteiger partial charge in [0.2, 0.25) is 5.78 Å². The van der Waals surface area contributed by atoms with Crippen LogP contribution < -0.4 is 14.2 Å². The molecule has 1 aliphatic carbocycles. The van der Waals surface area contributed by atoms with Gasteiger partial charge in [0.05, 0.1) is 14.2 Å². The number of aryl methyl sites for hydroxylation is 1. The molecule has 1 N–H and O–H groups in total. The van der Waals surface area contributed by atoms with Crippen LogP contribution in [-0.4, -0.2) is 67.0 Å². The lowest BCUT2D eigenvalue weighted by molar-refractivity contribution is -0.164. The number of aliphatic carboxylic acids is 1. The molecule has 0 radical (unpaired) electrons. The Morgan fingerprint density at radius 3 is 2.37 bits per heavy atom. The number of esters is 1. The number of methoxy groups -OCH3 is 2. The van der Waals surface area contributed by atoms with Crippen LogP contribution in [0.2, 0.25) is 0 Å². The van der Waals surface area contributed by atoms with Crippen molar-refractivity contribution in [2.45, 2.75) is 76.4 Å². The first-order valence-electron chi connectivity index (χ1n) is 15.0. The number of carboxylic acid groups (broad SMARTS) is 1. The topological polar surface area (TPSA) is 129 Å². The van der Waals surface area contributed by atoms with Crippen LogP contribution in [-0.2, 0) is 30.3 Å². The molecule has 1 saturated heterocycles. The average Bonchev–Trinajstić information content (AvgIpc) is 3.05. The second kappa shape index (κ2) is 15.4. The molecule has 1 amide bonds. The Balaban J connectivity index is 1.54. The van der Waals surface area contributed by atoms with Gasteiger partial charge in [-0.05, 0) is 80.3 Å². The fraction of sp³-hybridized carbons (Fsp3) is 0.515. The fourth-order valence-electron chi connectivity index (χ4n) is 5.90. The highest BCUT2D eigenvalue weighted by Crippen LogP contribution is 2.32. The van der Waals surface area contributed by atoms with Gasteiger partial charge in [-0.1, -0.05) is 37.5 Å². The van der Waals surface area contributed by atoms with Crippen molar-refractivity contribution in [3.63, 3.8) is 0 Å². The lowest BCUT2D eigenvalue weighted by atomic mass is 9.85. The monoisotopic (exact) mass is 595 g/mol. The molecule has 4 rings (SSSR count). The Labute approximate surface area is 252 Å². The SMILES string of the molecule is COc1ccc(CCC(OC(=O)C2CCCCN2C(=O)C(=O)C2CCCCC2)c2cccc(OCC(=O)O)c2)cc1OC. The van der Waals surface area contributed by atoms with E-state index in [4.69, 9.17) is 24.1 Å². The first-order valence-corrected chi connectivity index (χ1v) is 15.0. The minimum atomic E-state index is -1.10. The van der Waals surface area contributed by atoms with Crippen LogP contribution in [0.5, 0.6) is 17.2 Å². The number of hydrogen-bond acceptors (Lipinski definition) is 8. The molecule has 0 aromatic heterocycles. The summed E-state index contributed by atoms with van der Waals surface area (Å²) >= 11 is 0. The average molecular weight is 596 g/mol. The van der Waals surface area contributed by atoms with E-state index in [1.165, 1.54) is 4.90 Å². The smallest absolute Gasteiger partial charge is 0.341 e. The highest BCUT2D eigenvalue weighted by Gasteiger charge is 2.39. The molecule has 232 valence electrons. The summed E-state index contributed by atoms with van der Waals surface area (Å²) in [5.74, 6) is -1.40. The zero-order valence-corrected chi connectivity index (χ0v) is 24.9. The number of benzene rings is 2. The van der Waals surface area contributed by atoms with Gasteiger partial charge in [0.15, 0.2) is 18.1 Å². The Hall–Kier alpha value is -4.08. The third kappa shape index (κ3) is 8.49. The van der Waals surface area contributed by atoms with Crippen molar-refractivity contribution in [3.05, 3.63) is 53.6 Å². The Morgan fingerprint density at radius 1 is 0.907 bits per heavy atom. The lowest BCUT2D eigenvalue weighted by Crippen LogP contribution is -2.52. The van der Waals surface area contributed by atoms with Crippen molar-refractivity contribution >= 4 is 23.6 Å². The van der Waals surface area contributed by atoms with Gasteiger partial charge in [0.1, 0.15) is 17.9 Å². The van der Waals surface area contributed by atoms with E-state index in [0.29, 0.717) is 61.5 Å². The highest BCUT2D eigenvalue weighted by molar-refractivity contribution is 6.37. The second-order valence-electron chi connectivity index (χ2n) is 11.1. The zero-order valence-electron chi connectivity index (χ0n) is 24.9. The molecule has 0 spiro atoms. The Morgan fingerprint density at radius 2 is 1.65 bits per heavy atom. The van der Waals surface area contributed by atoms with E-state index in [1.807, 2.05) is 18.2 Å². The number of ketones is 1. The summed E-state index contributed by atoms with van der Waals surface area (Å²) in [4.78, 5) is 52.6. The number of Topliss-reactive ketones (excluding diaryl/α,β-unsaturated/α-hetero) is 1. The van der Waals surface area contributed by atoms with Gasteiger partial charge in [-0.15, -0.1) is 0 Å². The number of hydrogen-bond donors (Lipinski definition) is 1. The van der Waals surface area contributed by atoms with Gasteiger partial charge < -0.3 is 29.0 Å². The summed E-state index contributed by atoms with van der Waals surface area (Å²) in [6.45, 7) is -0.167. The quantitative estimate of drug-likeness (QED) is 0.254. The number of carboxylic acids is 1. The lowest BCUT2D eigenvalue weighted by Gasteiger charge is -2.35. The summed E-state index contributed by atoms with van der Waals surface area (Å²) in [6, 6.07) is 11.5. The summed E-state index contributed by atoms with van der Waals surface area (Å²) in [6.07, 6.45) is 6.46. The van der Waals surface area contributed by atoms with Crippen molar-refractivity contribution < 1.29 is 43.2 Å². The molecular weight excluding hydrogens is 554 g/mol. The van der Waals surface area contributed by atoms with Gasteiger partial charge in [-0.25, -0.2) is 9.59 Å². The van der Waals surface area contributed by atoms with E-state index < -0.39 is 42.4 Å². The van der Waals surface area contributed by atoms with Crippen molar-refractivity contribution in [2.75, 3.05) is 27.4 Å². The molecule has 2 unspecified atom stereocenters. The molecule has 1 heterocycles. The summed E-state index contributed by atoms with van der Waals surface area (Å²) in [7, 11) is 3.12. The maximum absolute atomic E-state index is 13.7. The third-order valence-electron chi connectivity index (χ3n) is 8.22. The fourth-order valence-corrected chi connectivity index (χ4v) is 5.90. The molecule has 10 heteroatoms. The third-order valence-corrected chi connectivity index (χ3v) is 8.22. The van der Waals surface area contributed by atoms with Gasteiger partial charge in [-0.3, -0.25) is 9.59 Å². The summed E-state index contributed by atoms with van der Waals surface area (Å²) in [5.41, 5.74) is 1.56. The van der Waals surface area contributed by atoms with Crippen LogP contribution in [0.25, 0.3) is 0 Å². The largest absolute Gasteiger partial charge is 0.493 e. The van der Waals surface area contributed by atoms with Gasteiger partial charge in [0.25, 0.3) is 5.91 Å². The summed E-state index contributed by atoms with van der Waals surface area (Å²) < 4.78 is 22.3. The number of rotatable bonds is 13. The number of likely N-dealkylation sites (tertiary alicyclic amines) is 1. The Bertz CT molecular complexity index is 1290. The van der Waals surface area contributed by atoms with Crippen LogP contribution in [0.1, 0.15) is 75.0 Å². The maximum Gasteiger partial charge on any atom is 0.341 e. The number of piperidine rings is 1. The molecule has 1 saturated carbocycles. The van der Waals surface area contributed by atoms with E-state index >= 15 is 0 Å². The second-order valence-corrected chi connectivity index (χ2v) is 11.1. The molecule has 2 aromatic rings. The number of carbonyl (C=O) groups is 4. The molecular formula is C33H41NO9. The van der Waals surface area contributed by atoms with E-state index in [1.54, 1.807) is 38.5 Å². The number of amides is 1. The molecule has 1 aliphatic heterocycles. The van der Waals surface area contributed by atoms with Crippen molar-refractivity contribution in [3.8, 4) is 17.2 Å². The highest BCUT2D eigenvalue weighted by atomic mass is 16.5. The first kappa shape index (κ1) is 31.8. The van der Waals surface area contributed by atoms with Crippen LogP contribution in [0.4, 0.5) is 0 Å². The van der Waals surface area contributed by atoms with Gasteiger partial charge in [0, 0.05) is 12.5 Å². The molecule has 43 heavy (non-hydrogen) atoms. The first-order chi connectivity index (χ1) is 20.8. The van der Waals surface area contributed by atoms with E-state index in [9.17, 15) is 19.2 Å². The van der Waals surface area contributed by atoms with Crippen LogP contribution >= 0.6 is 0 Å². The zero-order chi connectivity index (χ0) is 30.8. The number of ether oxygens (including phenoxy) is 4. The number of nitrogens with zero attached hydrogens (tertiary/aromatic N) is 1. The number of carbonyl (C=O) groups excluding carboxylic acids is 3. The molecule has 0 bridgehead atoms. The van der Waals surface area contributed by atoms with Gasteiger partial charge >= 0.3 is 11.9 Å².